The van der Waals surface area contributed by atoms with Gasteiger partial charge in [0, 0.05) is 0 Å². The fraction of sp³-hybridized carbons (Fsp3) is 0.875. The first kappa shape index (κ1) is 17.0. The van der Waals surface area contributed by atoms with Crippen molar-refractivity contribution in [2.75, 3.05) is 0 Å². The van der Waals surface area contributed by atoms with Crippen molar-refractivity contribution in [3.63, 3.8) is 0 Å². The Morgan fingerprint density at radius 2 is 2.05 bits per heavy atom. The van der Waals surface area contributed by atoms with Gasteiger partial charge < -0.3 is 9.47 Å². The summed E-state index contributed by atoms with van der Waals surface area (Å²) in [5.74, 6) is -0.373. The summed E-state index contributed by atoms with van der Waals surface area (Å²) in [6.07, 6.45) is 2.04. The summed E-state index contributed by atoms with van der Waals surface area (Å²) in [5.41, 5.74) is -1.32. The van der Waals surface area contributed by atoms with E-state index < -0.39 is 11.0 Å². The quantitative estimate of drug-likeness (QED) is 0.701. The Bertz CT molecular complexity index is 373. The Balaban J connectivity index is 3.03. The molecule has 116 valence electrons. The van der Waals surface area contributed by atoms with Crippen LogP contribution >= 0.6 is 0 Å². The van der Waals surface area contributed by atoms with E-state index in [1.807, 2.05) is 41.5 Å². The van der Waals surface area contributed by atoms with Gasteiger partial charge in [0.25, 0.3) is 0 Å². The molecule has 0 spiro atoms. The number of carbonyl (C=O) groups is 2. The fourth-order valence-electron chi connectivity index (χ4n) is 2.65. The molecule has 1 aliphatic rings. The third-order valence-electron chi connectivity index (χ3n) is 4.23. The van der Waals surface area contributed by atoms with E-state index in [4.69, 9.17) is 9.47 Å². The van der Waals surface area contributed by atoms with Crippen LogP contribution in [0.2, 0.25) is 0 Å². The van der Waals surface area contributed by atoms with Crippen molar-refractivity contribution in [3.05, 3.63) is 0 Å². The van der Waals surface area contributed by atoms with Gasteiger partial charge in [-0.1, -0.05) is 34.1 Å². The highest BCUT2D eigenvalue weighted by atomic mass is 16.6. The SMILES string of the molecule is CCCC1(OC(=O)C(C)(C)CC)CC(=O)OC1C(C)C. The Morgan fingerprint density at radius 3 is 2.50 bits per heavy atom. The minimum atomic E-state index is -0.788. The van der Waals surface area contributed by atoms with Crippen LogP contribution in [0.25, 0.3) is 0 Å². The second-order valence-electron chi connectivity index (χ2n) is 6.77. The largest absolute Gasteiger partial charge is 0.458 e. The summed E-state index contributed by atoms with van der Waals surface area (Å²) in [4.78, 5) is 24.2. The molecule has 1 rings (SSSR count). The Kier molecular flexibility index (Phi) is 5.22. The minimum Gasteiger partial charge on any atom is -0.458 e. The van der Waals surface area contributed by atoms with Crippen molar-refractivity contribution in [2.24, 2.45) is 11.3 Å². The molecule has 0 saturated carbocycles. The third-order valence-corrected chi connectivity index (χ3v) is 4.23. The molecule has 20 heavy (non-hydrogen) atoms. The zero-order valence-electron chi connectivity index (χ0n) is 13.6. The number of rotatable bonds is 6. The lowest BCUT2D eigenvalue weighted by molar-refractivity contribution is -0.181. The summed E-state index contributed by atoms with van der Waals surface area (Å²) in [7, 11) is 0. The molecule has 2 atom stereocenters. The predicted octanol–water partition coefficient (Wildman–Crippen LogP) is 3.48. The van der Waals surface area contributed by atoms with Crippen LogP contribution < -0.4 is 0 Å². The van der Waals surface area contributed by atoms with Crippen molar-refractivity contribution in [1.29, 1.82) is 0 Å². The standard InChI is InChI=1S/C16H28O4/c1-7-9-16(20-14(18)15(5,6)8-2)10-12(17)19-13(16)11(3)4/h11,13H,7-10H2,1-6H3. The van der Waals surface area contributed by atoms with Gasteiger partial charge in [0.05, 0.1) is 11.8 Å². The van der Waals surface area contributed by atoms with Crippen molar-refractivity contribution in [1.82, 2.24) is 0 Å². The number of ether oxygens (including phenoxy) is 2. The molecular weight excluding hydrogens is 256 g/mol. The van der Waals surface area contributed by atoms with Crippen LogP contribution in [0.5, 0.6) is 0 Å². The molecule has 1 heterocycles. The molecule has 0 aromatic heterocycles. The molecule has 1 aliphatic heterocycles. The number of hydrogen-bond acceptors (Lipinski definition) is 4. The van der Waals surface area contributed by atoms with Gasteiger partial charge in [-0.25, -0.2) is 0 Å². The molecule has 2 unspecified atom stereocenters. The highest BCUT2D eigenvalue weighted by Crippen LogP contribution is 2.40. The average Bonchev–Trinajstić information content (AvgIpc) is 2.66. The molecule has 0 aromatic carbocycles. The van der Waals surface area contributed by atoms with E-state index >= 15 is 0 Å². The van der Waals surface area contributed by atoms with Gasteiger partial charge in [-0.05, 0) is 32.6 Å². The lowest BCUT2D eigenvalue weighted by atomic mass is 9.83. The molecule has 4 nitrogen and oxygen atoms in total. The van der Waals surface area contributed by atoms with Crippen LogP contribution in [0, 0.1) is 11.3 Å². The third kappa shape index (κ3) is 3.33. The van der Waals surface area contributed by atoms with Crippen molar-refractivity contribution >= 4 is 11.9 Å². The van der Waals surface area contributed by atoms with Crippen molar-refractivity contribution < 1.29 is 19.1 Å². The first-order valence-corrected chi connectivity index (χ1v) is 7.61. The van der Waals surface area contributed by atoms with E-state index in [0.29, 0.717) is 12.8 Å². The predicted molar refractivity (Wildman–Crippen MR) is 77.1 cm³/mol. The summed E-state index contributed by atoms with van der Waals surface area (Å²) in [6, 6.07) is 0. The van der Waals surface area contributed by atoms with Gasteiger partial charge in [-0.2, -0.15) is 0 Å². The lowest BCUT2D eigenvalue weighted by Crippen LogP contribution is -2.47. The maximum atomic E-state index is 12.4. The van der Waals surface area contributed by atoms with Gasteiger partial charge in [0.1, 0.15) is 6.10 Å². The Labute approximate surface area is 122 Å². The van der Waals surface area contributed by atoms with E-state index in [1.54, 1.807) is 0 Å². The molecule has 0 bridgehead atoms. The van der Waals surface area contributed by atoms with Gasteiger partial charge in [0.15, 0.2) is 5.60 Å². The summed E-state index contributed by atoms with van der Waals surface area (Å²) >= 11 is 0. The van der Waals surface area contributed by atoms with Gasteiger partial charge in [0.2, 0.25) is 0 Å². The molecule has 1 saturated heterocycles. The Hall–Kier alpha value is -1.06. The van der Waals surface area contributed by atoms with Gasteiger partial charge in [-0.15, -0.1) is 0 Å². The normalized spacial score (nSPS) is 26.8. The van der Waals surface area contributed by atoms with Crippen LogP contribution in [0.3, 0.4) is 0 Å². The molecule has 0 radical (unpaired) electrons. The second kappa shape index (κ2) is 6.15. The van der Waals surface area contributed by atoms with E-state index in [1.165, 1.54) is 0 Å². The Morgan fingerprint density at radius 1 is 1.45 bits per heavy atom. The number of carbonyl (C=O) groups excluding carboxylic acids is 2. The molecule has 1 fully saturated rings. The van der Waals surface area contributed by atoms with E-state index in [2.05, 4.69) is 0 Å². The first-order valence-electron chi connectivity index (χ1n) is 7.61. The maximum absolute atomic E-state index is 12.4. The van der Waals surface area contributed by atoms with E-state index in [-0.39, 0.29) is 30.4 Å². The number of hydrogen-bond donors (Lipinski definition) is 0. The van der Waals surface area contributed by atoms with Gasteiger partial charge in [-0.3, -0.25) is 9.59 Å². The maximum Gasteiger partial charge on any atom is 0.312 e. The molecular formula is C16H28O4. The summed E-state index contributed by atoms with van der Waals surface area (Å²) < 4.78 is 11.3. The molecule has 0 aliphatic carbocycles. The second-order valence-corrected chi connectivity index (χ2v) is 6.77. The monoisotopic (exact) mass is 284 g/mol. The van der Waals surface area contributed by atoms with Crippen LogP contribution in [0.4, 0.5) is 0 Å². The number of cyclic esters (lactones) is 1. The first-order chi connectivity index (χ1) is 9.18. The van der Waals surface area contributed by atoms with Crippen LogP contribution in [-0.4, -0.2) is 23.6 Å². The lowest BCUT2D eigenvalue weighted by Gasteiger charge is -2.36. The van der Waals surface area contributed by atoms with Crippen LogP contribution in [0.15, 0.2) is 0 Å². The van der Waals surface area contributed by atoms with Crippen LogP contribution in [-0.2, 0) is 19.1 Å². The molecule has 0 aromatic rings. The number of esters is 2. The van der Waals surface area contributed by atoms with Crippen molar-refractivity contribution in [2.45, 2.75) is 78.9 Å². The highest BCUT2D eigenvalue weighted by Gasteiger charge is 2.54. The minimum absolute atomic E-state index is 0.130. The fourth-order valence-corrected chi connectivity index (χ4v) is 2.65. The smallest absolute Gasteiger partial charge is 0.312 e. The summed E-state index contributed by atoms with van der Waals surface area (Å²) in [6.45, 7) is 11.7. The zero-order valence-corrected chi connectivity index (χ0v) is 13.6. The molecule has 0 N–H and O–H groups in total. The van der Waals surface area contributed by atoms with Gasteiger partial charge >= 0.3 is 11.9 Å². The molecule has 4 heteroatoms. The van der Waals surface area contributed by atoms with E-state index in [9.17, 15) is 9.59 Å². The highest BCUT2D eigenvalue weighted by molar-refractivity contribution is 5.79. The average molecular weight is 284 g/mol. The molecule has 0 amide bonds. The van der Waals surface area contributed by atoms with Crippen molar-refractivity contribution in [3.8, 4) is 0 Å². The van der Waals surface area contributed by atoms with E-state index in [0.717, 1.165) is 6.42 Å². The van der Waals surface area contributed by atoms with Crippen LogP contribution in [0.1, 0.15) is 67.2 Å². The topological polar surface area (TPSA) is 52.6 Å². The zero-order chi connectivity index (χ0) is 15.6. The summed E-state index contributed by atoms with van der Waals surface area (Å²) in [5, 5.41) is 0.